The number of thiazole rings is 1. The van der Waals surface area contributed by atoms with Crippen LogP contribution in [0.4, 0.5) is 5.69 Å². The summed E-state index contributed by atoms with van der Waals surface area (Å²) in [5.41, 5.74) is 2.85. The Hall–Kier alpha value is -3.45. The zero-order valence-electron chi connectivity index (χ0n) is 14.5. The van der Waals surface area contributed by atoms with Crippen molar-refractivity contribution in [2.75, 3.05) is 5.32 Å². The first-order valence-electron chi connectivity index (χ1n) is 8.32. The van der Waals surface area contributed by atoms with Crippen molar-refractivity contribution in [3.05, 3.63) is 88.0 Å². The van der Waals surface area contributed by atoms with Gasteiger partial charge >= 0.3 is 5.69 Å². The molecule has 6 nitrogen and oxygen atoms in total. The molecule has 27 heavy (non-hydrogen) atoms. The fourth-order valence-electron chi connectivity index (χ4n) is 2.79. The van der Waals surface area contributed by atoms with Crippen LogP contribution in [-0.2, 0) is 0 Å². The molecule has 134 valence electrons. The molecule has 0 radical (unpaired) electrons. The summed E-state index contributed by atoms with van der Waals surface area (Å²) in [7, 11) is 0. The molecule has 2 N–H and O–H groups in total. The van der Waals surface area contributed by atoms with E-state index in [1.165, 1.54) is 11.3 Å². The van der Waals surface area contributed by atoms with Crippen molar-refractivity contribution in [2.24, 2.45) is 0 Å². The van der Waals surface area contributed by atoms with Gasteiger partial charge in [-0.05, 0) is 25.1 Å². The molecular weight excluding hydrogens is 360 g/mol. The van der Waals surface area contributed by atoms with Gasteiger partial charge in [0.25, 0.3) is 5.91 Å². The molecule has 4 rings (SSSR count). The van der Waals surface area contributed by atoms with Crippen LogP contribution in [0.25, 0.3) is 16.3 Å². The first-order valence-corrected chi connectivity index (χ1v) is 9.13. The number of carbonyl (C=O) groups excluding carboxylic acids is 1. The van der Waals surface area contributed by atoms with E-state index >= 15 is 0 Å². The van der Waals surface area contributed by atoms with Crippen LogP contribution in [-0.4, -0.2) is 20.4 Å². The lowest BCUT2D eigenvalue weighted by atomic mass is 10.2. The molecule has 0 spiro atoms. The molecule has 4 aromatic rings. The number of aryl methyl sites for hydroxylation is 1. The van der Waals surface area contributed by atoms with Crippen LogP contribution in [0.5, 0.6) is 0 Å². The van der Waals surface area contributed by atoms with Crippen molar-refractivity contribution in [2.45, 2.75) is 6.92 Å². The van der Waals surface area contributed by atoms with Gasteiger partial charge in [-0.2, -0.15) is 0 Å². The van der Waals surface area contributed by atoms with Crippen molar-refractivity contribution in [3.8, 4) is 16.3 Å². The molecule has 0 bridgehead atoms. The van der Waals surface area contributed by atoms with Crippen LogP contribution in [0, 0.1) is 6.92 Å². The lowest BCUT2D eigenvalue weighted by molar-refractivity contribution is 0.103. The smallest absolute Gasteiger partial charge is 0.321 e. The normalized spacial score (nSPS) is 10.7. The number of rotatable bonds is 4. The molecule has 0 fully saturated rings. The van der Waals surface area contributed by atoms with E-state index in [1.807, 2.05) is 43.3 Å². The number of aromatic amines is 1. The van der Waals surface area contributed by atoms with Gasteiger partial charge < -0.3 is 10.3 Å². The van der Waals surface area contributed by atoms with Gasteiger partial charge in [0.1, 0.15) is 9.88 Å². The van der Waals surface area contributed by atoms with Gasteiger partial charge in [0.2, 0.25) is 0 Å². The minimum Gasteiger partial charge on any atom is -0.321 e. The number of carbonyl (C=O) groups is 1. The Morgan fingerprint density at radius 3 is 2.70 bits per heavy atom. The van der Waals surface area contributed by atoms with Crippen molar-refractivity contribution in [3.63, 3.8) is 0 Å². The number of amides is 1. The fraction of sp³-hybridized carbons (Fsp3) is 0.0500. The molecule has 0 unspecified atom stereocenters. The molecule has 0 atom stereocenters. The fourth-order valence-corrected chi connectivity index (χ4v) is 3.60. The lowest BCUT2D eigenvalue weighted by Gasteiger charge is -2.08. The number of aromatic nitrogens is 3. The summed E-state index contributed by atoms with van der Waals surface area (Å²) in [6.45, 7) is 1.84. The lowest BCUT2D eigenvalue weighted by Crippen LogP contribution is -2.16. The SMILES string of the molecule is Cc1c[nH]c(=O)n1-c1cccc(NC(=O)c2cnc(-c3ccccc3)s2)c1. The van der Waals surface area contributed by atoms with E-state index < -0.39 is 0 Å². The molecule has 0 aliphatic heterocycles. The monoisotopic (exact) mass is 376 g/mol. The van der Waals surface area contributed by atoms with Gasteiger partial charge in [-0.3, -0.25) is 9.36 Å². The molecule has 0 aliphatic carbocycles. The van der Waals surface area contributed by atoms with Gasteiger partial charge in [0.05, 0.1) is 11.9 Å². The molecular formula is C20H16N4O2S. The third-order valence-corrected chi connectivity index (χ3v) is 5.12. The number of nitrogens with one attached hydrogen (secondary N) is 2. The van der Waals surface area contributed by atoms with Crippen LogP contribution in [0.3, 0.4) is 0 Å². The number of hydrogen-bond acceptors (Lipinski definition) is 4. The zero-order chi connectivity index (χ0) is 18.8. The predicted molar refractivity (Wildman–Crippen MR) is 107 cm³/mol. The van der Waals surface area contributed by atoms with Gasteiger partial charge in [-0.1, -0.05) is 36.4 Å². The van der Waals surface area contributed by atoms with Crippen LogP contribution < -0.4 is 11.0 Å². The number of benzene rings is 2. The predicted octanol–water partition coefficient (Wildman–Crippen LogP) is 3.85. The summed E-state index contributed by atoms with van der Waals surface area (Å²) in [6.07, 6.45) is 3.23. The average Bonchev–Trinajstić information content (AvgIpc) is 3.30. The summed E-state index contributed by atoms with van der Waals surface area (Å²) >= 11 is 1.34. The van der Waals surface area contributed by atoms with Crippen molar-refractivity contribution in [1.82, 2.24) is 14.5 Å². The summed E-state index contributed by atoms with van der Waals surface area (Å²) < 4.78 is 1.55. The van der Waals surface area contributed by atoms with E-state index in [0.29, 0.717) is 16.3 Å². The maximum atomic E-state index is 12.6. The Balaban J connectivity index is 1.56. The van der Waals surface area contributed by atoms with Crippen LogP contribution >= 0.6 is 11.3 Å². The highest BCUT2D eigenvalue weighted by molar-refractivity contribution is 7.17. The highest BCUT2D eigenvalue weighted by Gasteiger charge is 2.13. The first kappa shape index (κ1) is 17.0. The van der Waals surface area contributed by atoms with Crippen molar-refractivity contribution >= 4 is 22.9 Å². The molecule has 0 saturated carbocycles. The number of nitrogens with zero attached hydrogens (tertiary/aromatic N) is 2. The molecule has 0 saturated heterocycles. The summed E-state index contributed by atoms with van der Waals surface area (Å²) in [5.74, 6) is -0.232. The van der Waals surface area contributed by atoms with E-state index in [1.54, 1.807) is 35.2 Å². The van der Waals surface area contributed by atoms with Gasteiger partial charge in [0, 0.05) is 23.1 Å². The number of imidazole rings is 1. The molecule has 0 aliphatic rings. The van der Waals surface area contributed by atoms with E-state index in [4.69, 9.17) is 0 Å². The van der Waals surface area contributed by atoms with E-state index in [9.17, 15) is 9.59 Å². The second-order valence-corrected chi connectivity index (χ2v) is 7.00. The van der Waals surface area contributed by atoms with Crippen molar-refractivity contribution < 1.29 is 4.79 Å². The standard InChI is InChI=1S/C20H16N4O2S/c1-13-11-22-20(26)24(13)16-9-5-8-15(10-16)23-18(25)17-12-21-19(27-17)14-6-3-2-4-7-14/h2-12H,1H3,(H,22,26)(H,23,25). The maximum Gasteiger partial charge on any atom is 0.330 e. The largest absolute Gasteiger partial charge is 0.330 e. The molecule has 2 heterocycles. The van der Waals surface area contributed by atoms with E-state index in [2.05, 4.69) is 15.3 Å². The van der Waals surface area contributed by atoms with Gasteiger partial charge in [-0.25, -0.2) is 9.78 Å². The third-order valence-electron chi connectivity index (χ3n) is 4.07. The summed E-state index contributed by atoms with van der Waals surface area (Å²) in [5, 5.41) is 3.67. The molecule has 2 aromatic carbocycles. The number of H-pyrrole nitrogens is 1. The summed E-state index contributed by atoms with van der Waals surface area (Å²) in [4.78, 5) is 32.0. The molecule has 2 aromatic heterocycles. The average molecular weight is 376 g/mol. The molecule has 1 amide bonds. The van der Waals surface area contributed by atoms with Crippen LogP contribution in [0.2, 0.25) is 0 Å². The van der Waals surface area contributed by atoms with Crippen LogP contribution in [0.15, 0.2) is 71.8 Å². The summed E-state index contributed by atoms with van der Waals surface area (Å²) in [6, 6.07) is 16.9. The minimum atomic E-state index is -0.232. The Morgan fingerprint density at radius 2 is 1.96 bits per heavy atom. The van der Waals surface area contributed by atoms with E-state index in [-0.39, 0.29) is 11.6 Å². The zero-order valence-corrected chi connectivity index (χ0v) is 15.3. The van der Waals surface area contributed by atoms with E-state index in [0.717, 1.165) is 16.3 Å². The number of hydrogen-bond donors (Lipinski definition) is 2. The third kappa shape index (κ3) is 3.45. The topological polar surface area (TPSA) is 79.8 Å². The van der Waals surface area contributed by atoms with Gasteiger partial charge in [-0.15, -0.1) is 11.3 Å². The van der Waals surface area contributed by atoms with Gasteiger partial charge in [0.15, 0.2) is 0 Å². The van der Waals surface area contributed by atoms with Crippen molar-refractivity contribution in [1.29, 1.82) is 0 Å². The Morgan fingerprint density at radius 1 is 1.15 bits per heavy atom. The van der Waals surface area contributed by atoms with Crippen LogP contribution in [0.1, 0.15) is 15.4 Å². The Labute approximate surface area is 159 Å². The Kier molecular flexibility index (Phi) is 4.43. The highest BCUT2D eigenvalue weighted by Crippen LogP contribution is 2.25. The number of anilines is 1. The Bertz CT molecular complexity index is 1160. The highest BCUT2D eigenvalue weighted by atomic mass is 32.1. The minimum absolute atomic E-state index is 0.217. The second-order valence-electron chi connectivity index (χ2n) is 5.97. The second kappa shape index (κ2) is 7.05. The molecule has 7 heteroatoms. The first-order chi connectivity index (χ1) is 13.1. The maximum absolute atomic E-state index is 12.6. The quantitative estimate of drug-likeness (QED) is 0.568.